The third kappa shape index (κ3) is 2.62. The van der Waals surface area contributed by atoms with Crippen LogP contribution in [0.15, 0.2) is 12.1 Å². The van der Waals surface area contributed by atoms with E-state index >= 15 is 0 Å². The quantitative estimate of drug-likeness (QED) is 0.409. The van der Waals surface area contributed by atoms with Crippen LogP contribution in [0.25, 0.3) is 0 Å². The minimum Gasteiger partial charge on any atom is -0.469 e. The van der Waals surface area contributed by atoms with Gasteiger partial charge in [-0.1, -0.05) is 0 Å². The van der Waals surface area contributed by atoms with Crippen LogP contribution in [-0.4, -0.2) is 24.5 Å². The number of methoxy groups -OCH3 is 1. The number of rotatable bonds is 4. The zero-order valence-electron chi connectivity index (χ0n) is 7.16. The van der Waals surface area contributed by atoms with Gasteiger partial charge in [-0.15, -0.1) is 0 Å². The van der Waals surface area contributed by atoms with Gasteiger partial charge in [0.15, 0.2) is 12.3 Å². The first-order chi connectivity index (χ1) is 6.26. The molecule has 0 atom stereocenters. The molecule has 0 bridgehead atoms. The van der Waals surface area contributed by atoms with E-state index in [2.05, 4.69) is 9.72 Å². The molecule has 0 aliphatic rings. The van der Waals surface area contributed by atoms with Crippen molar-refractivity contribution in [3.8, 4) is 5.88 Å². The number of aromatic amines is 1. The Morgan fingerprint density at radius 3 is 3.08 bits per heavy atom. The minimum absolute atomic E-state index is 0.178. The maximum Gasteiger partial charge on any atom is 0.311 e. The van der Waals surface area contributed by atoms with Crippen molar-refractivity contribution in [2.24, 2.45) is 0 Å². The third-order valence-corrected chi connectivity index (χ3v) is 1.47. The summed E-state index contributed by atoms with van der Waals surface area (Å²) in [4.78, 5) is 13.6. The molecule has 0 fully saturated rings. The number of nitrogens with one attached hydrogen (secondary N) is 2. The molecule has 0 saturated heterocycles. The fourth-order valence-corrected chi connectivity index (χ4v) is 0.881. The highest BCUT2D eigenvalue weighted by Crippen LogP contribution is 2.09. The standard InChI is InChI=1S/C8H10N2O3/c1-12-8(11)4-6-2-3-7(10-6)13-5-9/h2-3,5,9-10H,4H2,1H3. The highest BCUT2D eigenvalue weighted by molar-refractivity contribution is 5.71. The normalized spacial score (nSPS) is 9.31. The fourth-order valence-electron chi connectivity index (χ4n) is 0.881. The number of ether oxygens (including phenoxy) is 2. The molecule has 0 aromatic carbocycles. The summed E-state index contributed by atoms with van der Waals surface area (Å²) < 4.78 is 9.21. The monoisotopic (exact) mass is 182 g/mol. The molecule has 0 spiro atoms. The van der Waals surface area contributed by atoms with Crippen molar-refractivity contribution in [3.05, 3.63) is 17.8 Å². The highest BCUT2D eigenvalue weighted by atomic mass is 16.5. The first kappa shape index (κ1) is 9.31. The van der Waals surface area contributed by atoms with Crippen LogP contribution >= 0.6 is 0 Å². The van der Waals surface area contributed by atoms with Crippen molar-refractivity contribution < 1.29 is 14.3 Å². The summed E-state index contributed by atoms with van der Waals surface area (Å²) in [6.07, 6.45) is 0.992. The highest BCUT2D eigenvalue weighted by Gasteiger charge is 2.04. The Bertz CT molecular complexity index is 306. The number of esters is 1. The Hall–Kier alpha value is -1.78. The van der Waals surface area contributed by atoms with Crippen LogP contribution < -0.4 is 4.74 Å². The van der Waals surface area contributed by atoms with Gasteiger partial charge in [-0.05, 0) is 6.07 Å². The van der Waals surface area contributed by atoms with Crippen LogP contribution in [0.1, 0.15) is 5.69 Å². The molecule has 1 heterocycles. The summed E-state index contributed by atoms with van der Waals surface area (Å²) >= 11 is 0. The molecule has 0 saturated carbocycles. The molecule has 1 aromatic heterocycles. The van der Waals surface area contributed by atoms with E-state index in [1.54, 1.807) is 12.1 Å². The molecule has 0 radical (unpaired) electrons. The van der Waals surface area contributed by atoms with Gasteiger partial charge in [-0.25, -0.2) is 0 Å². The van der Waals surface area contributed by atoms with Crippen molar-refractivity contribution >= 4 is 12.4 Å². The Labute approximate surface area is 75.2 Å². The molecule has 1 aromatic rings. The largest absolute Gasteiger partial charge is 0.469 e. The zero-order chi connectivity index (χ0) is 9.68. The minimum atomic E-state index is -0.316. The summed E-state index contributed by atoms with van der Waals surface area (Å²) in [6.45, 7) is 0. The van der Waals surface area contributed by atoms with Crippen LogP contribution in [-0.2, 0) is 16.0 Å². The lowest BCUT2D eigenvalue weighted by Crippen LogP contribution is -2.04. The van der Waals surface area contributed by atoms with Crippen molar-refractivity contribution in [3.63, 3.8) is 0 Å². The molecule has 0 unspecified atom stereocenters. The second-order valence-corrected chi connectivity index (χ2v) is 2.34. The number of hydrogen-bond acceptors (Lipinski definition) is 4. The molecule has 13 heavy (non-hydrogen) atoms. The summed E-state index contributed by atoms with van der Waals surface area (Å²) in [6, 6.07) is 3.35. The first-order valence-corrected chi connectivity index (χ1v) is 3.66. The van der Waals surface area contributed by atoms with Crippen LogP contribution in [0.5, 0.6) is 5.88 Å². The van der Waals surface area contributed by atoms with E-state index in [-0.39, 0.29) is 12.4 Å². The Morgan fingerprint density at radius 2 is 2.46 bits per heavy atom. The lowest BCUT2D eigenvalue weighted by Gasteiger charge is -1.96. The van der Waals surface area contributed by atoms with Gasteiger partial charge in [0.25, 0.3) is 0 Å². The van der Waals surface area contributed by atoms with Crippen molar-refractivity contribution in [1.29, 1.82) is 5.41 Å². The van der Waals surface area contributed by atoms with Gasteiger partial charge in [-0.2, -0.15) is 0 Å². The predicted octanol–water partition coefficient (Wildman–Crippen LogP) is 0.716. The van der Waals surface area contributed by atoms with Crippen LogP contribution in [0.2, 0.25) is 0 Å². The van der Waals surface area contributed by atoms with Gasteiger partial charge in [0.1, 0.15) is 0 Å². The van der Waals surface area contributed by atoms with Crippen LogP contribution in [0, 0.1) is 5.41 Å². The van der Waals surface area contributed by atoms with E-state index in [4.69, 9.17) is 10.1 Å². The molecular formula is C8H10N2O3. The third-order valence-electron chi connectivity index (χ3n) is 1.47. The van der Waals surface area contributed by atoms with Gasteiger partial charge in [0.2, 0.25) is 0 Å². The summed E-state index contributed by atoms with van der Waals surface area (Å²) in [5.41, 5.74) is 0.698. The number of H-pyrrole nitrogens is 1. The fraction of sp³-hybridized carbons (Fsp3) is 0.250. The van der Waals surface area contributed by atoms with E-state index in [9.17, 15) is 4.79 Å². The van der Waals surface area contributed by atoms with E-state index < -0.39 is 0 Å². The van der Waals surface area contributed by atoms with E-state index in [0.29, 0.717) is 11.6 Å². The van der Waals surface area contributed by atoms with Crippen molar-refractivity contribution in [2.45, 2.75) is 6.42 Å². The van der Waals surface area contributed by atoms with E-state index in [1.807, 2.05) is 0 Å². The summed E-state index contributed by atoms with van der Waals surface area (Å²) in [7, 11) is 1.33. The smallest absolute Gasteiger partial charge is 0.311 e. The molecule has 0 aliphatic heterocycles. The maximum absolute atomic E-state index is 10.8. The van der Waals surface area contributed by atoms with Crippen LogP contribution in [0.3, 0.4) is 0 Å². The Kier molecular flexibility index (Phi) is 3.08. The average Bonchev–Trinajstić information content (AvgIpc) is 2.53. The summed E-state index contributed by atoms with van der Waals surface area (Å²) in [5, 5.41) is 6.67. The topological polar surface area (TPSA) is 75.2 Å². The predicted molar refractivity (Wildman–Crippen MR) is 45.9 cm³/mol. The maximum atomic E-state index is 10.8. The molecule has 0 aliphatic carbocycles. The first-order valence-electron chi connectivity index (χ1n) is 3.66. The SMILES string of the molecule is COC(=O)Cc1ccc(OC=N)[nH]1. The lowest BCUT2D eigenvalue weighted by atomic mass is 10.3. The van der Waals surface area contributed by atoms with Crippen molar-refractivity contribution in [1.82, 2.24) is 4.98 Å². The number of carbonyl (C=O) groups excluding carboxylic acids is 1. The van der Waals surface area contributed by atoms with E-state index in [1.165, 1.54) is 7.11 Å². The average molecular weight is 182 g/mol. The molecule has 1 rings (SSSR count). The van der Waals surface area contributed by atoms with Gasteiger partial charge >= 0.3 is 5.97 Å². The molecule has 5 heteroatoms. The van der Waals surface area contributed by atoms with Gasteiger partial charge < -0.3 is 14.5 Å². The number of hydrogen-bond donors (Lipinski definition) is 2. The number of carbonyl (C=O) groups is 1. The second-order valence-electron chi connectivity index (χ2n) is 2.34. The van der Waals surface area contributed by atoms with Gasteiger partial charge in [0.05, 0.1) is 13.5 Å². The van der Waals surface area contributed by atoms with E-state index in [0.717, 1.165) is 6.40 Å². The molecular weight excluding hydrogens is 172 g/mol. The second kappa shape index (κ2) is 4.30. The van der Waals surface area contributed by atoms with Crippen LogP contribution in [0.4, 0.5) is 0 Å². The lowest BCUT2D eigenvalue weighted by molar-refractivity contribution is -0.139. The van der Waals surface area contributed by atoms with Crippen molar-refractivity contribution in [2.75, 3.05) is 7.11 Å². The van der Waals surface area contributed by atoms with Gasteiger partial charge in [-0.3, -0.25) is 10.2 Å². The Morgan fingerprint density at radius 1 is 1.69 bits per heavy atom. The summed E-state index contributed by atoms with van der Waals surface area (Å²) in [5.74, 6) is 0.122. The zero-order valence-corrected chi connectivity index (χ0v) is 7.16. The molecule has 2 N–H and O–H groups in total. The Balaban J connectivity index is 2.58. The molecule has 70 valence electrons. The molecule has 0 amide bonds. The van der Waals surface area contributed by atoms with Gasteiger partial charge in [0, 0.05) is 11.8 Å². The molecule has 5 nitrogen and oxygen atoms in total. The number of aromatic nitrogens is 1.